The van der Waals surface area contributed by atoms with E-state index in [4.69, 9.17) is 4.74 Å². The molecule has 0 saturated heterocycles. The van der Waals surface area contributed by atoms with Crippen LogP contribution in [0.2, 0.25) is 0 Å². The molecular weight excluding hydrogens is 262 g/mol. The Balaban J connectivity index is 1.87. The number of carbonyl (C=O) groups excluding carboxylic acids is 2. The van der Waals surface area contributed by atoms with Gasteiger partial charge in [-0.05, 0) is 38.3 Å². The maximum Gasteiger partial charge on any atom is 0.325 e. The van der Waals surface area contributed by atoms with E-state index in [0.717, 1.165) is 17.7 Å². The first-order valence-corrected chi connectivity index (χ1v) is 7.43. The largest absolute Gasteiger partial charge is 0.465 e. The summed E-state index contributed by atoms with van der Waals surface area (Å²) in [6.45, 7) is 4.90. The van der Waals surface area contributed by atoms with Crippen LogP contribution in [0.4, 0.5) is 0 Å². The number of fused-ring (bicyclic) bond motifs is 2. The summed E-state index contributed by atoms with van der Waals surface area (Å²) in [7, 11) is 0. The van der Waals surface area contributed by atoms with Gasteiger partial charge >= 0.3 is 5.97 Å². The number of aryl methyl sites for hydroxylation is 1. The van der Waals surface area contributed by atoms with Gasteiger partial charge in [-0.1, -0.05) is 0 Å². The van der Waals surface area contributed by atoms with Crippen molar-refractivity contribution in [3.63, 3.8) is 0 Å². The minimum absolute atomic E-state index is 0.0151. The van der Waals surface area contributed by atoms with Crippen LogP contribution in [0, 0.1) is 6.92 Å². The molecule has 2 heterocycles. The van der Waals surface area contributed by atoms with Gasteiger partial charge in [-0.25, -0.2) is 0 Å². The van der Waals surface area contributed by atoms with Crippen LogP contribution < -0.4 is 0 Å². The minimum atomic E-state index is -0.316. The zero-order valence-electron chi connectivity index (χ0n) is 11.2. The Kier molecular flexibility index (Phi) is 2.89. The maximum absolute atomic E-state index is 12.4. The quantitative estimate of drug-likeness (QED) is 0.796. The van der Waals surface area contributed by atoms with Crippen LogP contribution in [0.1, 0.15) is 39.9 Å². The van der Waals surface area contributed by atoms with E-state index in [2.05, 4.69) is 6.07 Å². The van der Waals surface area contributed by atoms with E-state index in [1.807, 2.05) is 6.92 Å². The second-order valence-electron chi connectivity index (χ2n) is 5.35. The smallest absolute Gasteiger partial charge is 0.325 e. The molecule has 3 rings (SSSR count). The van der Waals surface area contributed by atoms with Gasteiger partial charge < -0.3 is 9.64 Å². The molecule has 1 aliphatic carbocycles. The molecule has 0 unspecified atom stereocenters. The Morgan fingerprint density at radius 3 is 2.89 bits per heavy atom. The van der Waals surface area contributed by atoms with Gasteiger partial charge in [-0.2, -0.15) is 0 Å². The van der Waals surface area contributed by atoms with Gasteiger partial charge in [0.2, 0.25) is 0 Å². The molecule has 1 amide bonds. The van der Waals surface area contributed by atoms with E-state index in [9.17, 15) is 9.59 Å². The summed E-state index contributed by atoms with van der Waals surface area (Å²) in [4.78, 5) is 27.7. The van der Waals surface area contributed by atoms with Crippen LogP contribution in [-0.4, -0.2) is 36.5 Å². The van der Waals surface area contributed by atoms with E-state index in [-0.39, 0.29) is 23.8 Å². The number of hydrogen-bond acceptors (Lipinski definition) is 4. The molecule has 5 heteroatoms. The highest BCUT2D eigenvalue weighted by atomic mass is 32.1. The Labute approximate surface area is 116 Å². The summed E-state index contributed by atoms with van der Waals surface area (Å²) >= 11 is 1.54. The molecule has 2 aliphatic rings. The standard InChI is InChI=1S/C14H17NO3S/c1-3-18-11(16)7-15-8-14(4-5-14)10-6-9(2)19-12(10)13(15)17/h6H,3-5,7-8H2,1-2H3. The van der Waals surface area contributed by atoms with Crippen molar-refractivity contribution >= 4 is 23.2 Å². The molecule has 0 radical (unpaired) electrons. The van der Waals surface area contributed by atoms with Gasteiger partial charge in [-0.15, -0.1) is 11.3 Å². The highest BCUT2D eigenvalue weighted by Crippen LogP contribution is 2.54. The number of esters is 1. The summed E-state index contributed by atoms with van der Waals surface area (Å²) in [5, 5.41) is 0. The van der Waals surface area contributed by atoms with Gasteiger partial charge in [0.15, 0.2) is 0 Å². The molecule has 1 aliphatic heterocycles. The van der Waals surface area contributed by atoms with Gasteiger partial charge in [0.25, 0.3) is 5.91 Å². The normalized spacial score (nSPS) is 19.5. The van der Waals surface area contributed by atoms with Crippen molar-refractivity contribution in [1.29, 1.82) is 0 Å². The van der Waals surface area contributed by atoms with Crippen molar-refractivity contribution in [1.82, 2.24) is 4.90 Å². The molecule has 1 saturated carbocycles. The Morgan fingerprint density at radius 1 is 1.53 bits per heavy atom. The maximum atomic E-state index is 12.4. The fraction of sp³-hybridized carbons (Fsp3) is 0.571. The third kappa shape index (κ3) is 2.06. The van der Waals surface area contributed by atoms with Crippen molar-refractivity contribution in [3.8, 4) is 0 Å². The molecule has 4 nitrogen and oxygen atoms in total. The molecule has 1 spiro atoms. The number of thiophene rings is 1. The second kappa shape index (κ2) is 4.34. The third-order valence-electron chi connectivity index (χ3n) is 3.88. The van der Waals surface area contributed by atoms with Gasteiger partial charge in [0.05, 0.1) is 11.5 Å². The van der Waals surface area contributed by atoms with Crippen molar-refractivity contribution in [2.45, 2.75) is 32.1 Å². The predicted molar refractivity (Wildman–Crippen MR) is 72.5 cm³/mol. The molecule has 0 aromatic carbocycles. The van der Waals surface area contributed by atoms with Crippen LogP contribution in [-0.2, 0) is 14.9 Å². The molecule has 0 N–H and O–H groups in total. The molecule has 0 atom stereocenters. The monoisotopic (exact) mass is 279 g/mol. The number of amides is 1. The fourth-order valence-electron chi connectivity index (χ4n) is 2.80. The van der Waals surface area contributed by atoms with Gasteiger partial charge in [-0.3, -0.25) is 9.59 Å². The van der Waals surface area contributed by atoms with E-state index < -0.39 is 0 Å². The van der Waals surface area contributed by atoms with E-state index in [0.29, 0.717) is 13.2 Å². The van der Waals surface area contributed by atoms with Crippen LogP contribution >= 0.6 is 11.3 Å². The van der Waals surface area contributed by atoms with Crippen molar-refractivity contribution < 1.29 is 14.3 Å². The third-order valence-corrected chi connectivity index (χ3v) is 4.92. The van der Waals surface area contributed by atoms with Gasteiger partial charge in [0.1, 0.15) is 6.54 Å². The summed E-state index contributed by atoms with van der Waals surface area (Å²) in [6.07, 6.45) is 2.23. The van der Waals surface area contributed by atoms with Crippen LogP contribution in [0.15, 0.2) is 6.07 Å². The predicted octanol–water partition coefficient (Wildman–Crippen LogP) is 2.11. The van der Waals surface area contributed by atoms with E-state index in [1.165, 1.54) is 10.4 Å². The topological polar surface area (TPSA) is 46.6 Å². The molecule has 0 bridgehead atoms. The van der Waals surface area contributed by atoms with E-state index in [1.54, 1.807) is 23.2 Å². The minimum Gasteiger partial charge on any atom is -0.465 e. The first-order valence-electron chi connectivity index (χ1n) is 6.61. The zero-order chi connectivity index (χ0) is 13.6. The first kappa shape index (κ1) is 12.7. The molecule has 1 aromatic heterocycles. The average molecular weight is 279 g/mol. The molecule has 1 fully saturated rings. The molecule has 102 valence electrons. The lowest BCUT2D eigenvalue weighted by Crippen LogP contribution is -2.45. The lowest BCUT2D eigenvalue weighted by molar-refractivity contribution is -0.143. The molecular formula is C14H17NO3S. The second-order valence-corrected chi connectivity index (χ2v) is 6.60. The lowest BCUT2D eigenvalue weighted by Gasteiger charge is -2.32. The summed E-state index contributed by atoms with van der Waals surface area (Å²) in [5.41, 5.74) is 1.33. The SMILES string of the molecule is CCOC(=O)CN1CC2(CC2)c2cc(C)sc2C1=O. The van der Waals surface area contributed by atoms with Crippen molar-refractivity contribution in [2.24, 2.45) is 0 Å². The van der Waals surface area contributed by atoms with Crippen molar-refractivity contribution in [2.75, 3.05) is 19.7 Å². The average Bonchev–Trinajstić information content (AvgIpc) is 3.00. The zero-order valence-corrected chi connectivity index (χ0v) is 12.0. The molecule has 1 aromatic rings. The number of carbonyl (C=O) groups is 2. The summed E-state index contributed by atoms with van der Waals surface area (Å²) in [5.74, 6) is -0.331. The van der Waals surface area contributed by atoms with Crippen LogP contribution in [0.3, 0.4) is 0 Å². The van der Waals surface area contributed by atoms with Gasteiger partial charge in [0, 0.05) is 16.8 Å². The first-order chi connectivity index (χ1) is 9.05. The highest BCUT2D eigenvalue weighted by Gasteiger charge is 2.52. The number of rotatable bonds is 3. The van der Waals surface area contributed by atoms with Crippen molar-refractivity contribution in [3.05, 3.63) is 21.4 Å². The lowest BCUT2D eigenvalue weighted by atomic mass is 9.91. The fourth-order valence-corrected chi connectivity index (χ4v) is 3.90. The summed E-state index contributed by atoms with van der Waals surface area (Å²) in [6, 6.07) is 2.15. The summed E-state index contributed by atoms with van der Waals surface area (Å²) < 4.78 is 4.95. The molecule has 19 heavy (non-hydrogen) atoms. The number of ether oxygens (including phenoxy) is 1. The number of nitrogens with zero attached hydrogens (tertiary/aromatic N) is 1. The van der Waals surface area contributed by atoms with Crippen LogP contribution in [0.5, 0.6) is 0 Å². The Hall–Kier alpha value is -1.36. The Morgan fingerprint density at radius 2 is 2.26 bits per heavy atom. The van der Waals surface area contributed by atoms with E-state index >= 15 is 0 Å². The van der Waals surface area contributed by atoms with Crippen LogP contribution in [0.25, 0.3) is 0 Å². The highest BCUT2D eigenvalue weighted by molar-refractivity contribution is 7.14. The number of hydrogen-bond donors (Lipinski definition) is 0. The Bertz CT molecular complexity index is 545.